The van der Waals surface area contributed by atoms with Gasteiger partial charge < -0.3 is 10.4 Å². The topological polar surface area (TPSA) is 67.2 Å². The molecule has 0 aliphatic rings. The molecule has 1 unspecified atom stereocenters. The van der Waals surface area contributed by atoms with Crippen LogP contribution in [-0.2, 0) is 7.05 Å². The number of hydrogen-bond acceptors (Lipinski definition) is 3. The van der Waals surface area contributed by atoms with Crippen LogP contribution in [-0.4, -0.2) is 26.9 Å². The lowest BCUT2D eigenvalue weighted by Crippen LogP contribution is -2.16. The Morgan fingerprint density at radius 2 is 2.33 bits per heavy atom. The SMILES string of the molecule is C=CC(C)Nc1c(C(=O)O)c(C)nn1C. The normalized spacial score (nSPS) is 12.2. The third kappa shape index (κ3) is 2.18. The number of aromatic carboxylic acids is 1. The maximum atomic E-state index is 11.0. The molecule has 5 heteroatoms. The van der Waals surface area contributed by atoms with Crippen LogP contribution in [0.1, 0.15) is 23.0 Å². The van der Waals surface area contributed by atoms with Crippen LogP contribution in [0.3, 0.4) is 0 Å². The van der Waals surface area contributed by atoms with Gasteiger partial charge in [-0.15, -0.1) is 6.58 Å². The van der Waals surface area contributed by atoms with Gasteiger partial charge in [-0.25, -0.2) is 4.79 Å². The molecule has 5 nitrogen and oxygen atoms in total. The summed E-state index contributed by atoms with van der Waals surface area (Å²) < 4.78 is 1.53. The molecule has 1 aromatic rings. The second kappa shape index (κ2) is 4.16. The van der Waals surface area contributed by atoms with Gasteiger partial charge in [0.25, 0.3) is 0 Å². The molecule has 0 aliphatic carbocycles. The summed E-state index contributed by atoms with van der Waals surface area (Å²) in [7, 11) is 1.71. The number of carbonyl (C=O) groups is 1. The van der Waals surface area contributed by atoms with Gasteiger partial charge in [0.1, 0.15) is 11.4 Å². The van der Waals surface area contributed by atoms with E-state index in [0.29, 0.717) is 11.5 Å². The molecule has 0 bridgehead atoms. The number of nitrogens with one attached hydrogen (secondary N) is 1. The lowest BCUT2D eigenvalue weighted by Gasteiger charge is -2.11. The summed E-state index contributed by atoms with van der Waals surface area (Å²) >= 11 is 0. The molecule has 1 rings (SSSR count). The molecule has 1 atom stereocenters. The van der Waals surface area contributed by atoms with Crippen LogP contribution in [0.25, 0.3) is 0 Å². The van der Waals surface area contributed by atoms with Gasteiger partial charge in [0.2, 0.25) is 0 Å². The van der Waals surface area contributed by atoms with E-state index in [4.69, 9.17) is 5.11 Å². The van der Waals surface area contributed by atoms with Crippen molar-refractivity contribution in [2.75, 3.05) is 5.32 Å². The van der Waals surface area contributed by atoms with Crippen LogP contribution in [0.2, 0.25) is 0 Å². The van der Waals surface area contributed by atoms with Gasteiger partial charge in [0.15, 0.2) is 0 Å². The van der Waals surface area contributed by atoms with E-state index in [-0.39, 0.29) is 11.6 Å². The monoisotopic (exact) mass is 209 g/mol. The molecule has 1 heterocycles. The molecular weight excluding hydrogens is 194 g/mol. The van der Waals surface area contributed by atoms with E-state index in [0.717, 1.165) is 0 Å². The fraction of sp³-hybridized carbons (Fsp3) is 0.400. The Kier molecular flexibility index (Phi) is 3.14. The number of nitrogens with zero attached hydrogens (tertiary/aromatic N) is 2. The second-order valence-corrected chi connectivity index (χ2v) is 3.41. The number of carboxylic acid groups (broad SMARTS) is 1. The van der Waals surface area contributed by atoms with E-state index in [1.165, 1.54) is 4.68 Å². The first-order chi connectivity index (χ1) is 6.97. The average molecular weight is 209 g/mol. The van der Waals surface area contributed by atoms with Gasteiger partial charge in [-0.05, 0) is 13.8 Å². The Labute approximate surface area is 88.4 Å². The van der Waals surface area contributed by atoms with E-state index < -0.39 is 5.97 Å². The lowest BCUT2D eigenvalue weighted by molar-refractivity contribution is 0.0697. The van der Waals surface area contributed by atoms with Crippen molar-refractivity contribution in [2.45, 2.75) is 19.9 Å². The minimum Gasteiger partial charge on any atom is -0.477 e. The van der Waals surface area contributed by atoms with Gasteiger partial charge in [0.05, 0.1) is 5.69 Å². The van der Waals surface area contributed by atoms with Crippen molar-refractivity contribution >= 4 is 11.8 Å². The van der Waals surface area contributed by atoms with Crippen LogP contribution in [0.15, 0.2) is 12.7 Å². The highest BCUT2D eigenvalue weighted by Crippen LogP contribution is 2.19. The number of carboxylic acids is 1. The number of rotatable bonds is 4. The highest BCUT2D eigenvalue weighted by Gasteiger charge is 2.19. The minimum absolute atomic E-state index is 0.00194. The van der Waals surface area contributed by atoms with Crippen LogP contribution in [0.4, 0.5) is 5.82 Å². The smallest absolute Gasteiger partial charge is 0.341 e. The highest BCUT2D eigenvalue weighted by molar-refractivity contribution is 5.94. The molecule has 0 aliphatic heterocycles. The zero-order chi connectivity index (χ0) is 11.6. The number of anilines is 1. The molecule has 0 spiro atoms. The summed E-state index contributed by atoms with van der Waals surface area (Å²) in [6.45, 7) is 7.19. The van der Waals surface area contributed by atoms with Gasteiger partial charge in [-0.2, -0.15) is 5.10 Å². The number of hydrogen-bond donors (Lipinski definition) is 2. The second-order valence-electron chi connectivity index (χ2n) is 3.41. The van der Waals surface area contributed by atoms with Crippen LogP contribution < -0.4 is 5.32 Å². The summed E-state index contributed by atoms with van der Waals surface area (Å²) in [5.74, 6) is -0.466. The predicted octanol–water partition coefficient (Wildman–Crippen LogP) is 1.41. The van der Waals surface area contributed by atoms with Crippen molar-refractivity contribution in [3.8, 4) is 0 Å². The summed E-state index contributed by atoms with van der Waals surface area (Å²) in [5, 5.41) is 16.1. The van der Waals surface area contributed by atoms with E-state index in [2.05, 4.69) is 17.0 Å². The molecule has 0 aromatic carbocycles. The first-order valence-electron chi connectivity index (χ1n) is 4.63. The van der Waals surface area contributed by atoms with E-state index >= 15 is 0 Å². The van der Waals surface area contributed by atoms with Crippen molar-refractivity contribution in [2.24, 2.45) is 7.05 Å². The zero-order valence-corrected chi connectivity index (χ0v) is 9.11. The first kappa shape index (κ1) is 11.3. The summed E-state index contributed by atoms with van der Waals surface area (Å²) in [6, 6.07) is -0.00194. The van der Waals surface area contributed by atoms with Gasteiger partial charge in [-0.3, -0.25) is 4.68 Å². The third-order valence-electron chi connectivity index (χ3n) is 2.15. The summed E-state index contributed by atoms with van der Waals surface area (Å²) in [5.41, 5.74) is 0.718. The zero-order valence-electron chi connectivity index (χ0n) is 9.11. The predicted molar refractivity (Wildman–Crippen MR) is 58.2 cm³/mol. The molecule has 0 saturated heterocycles. The molecular formula is C10H15N3O2. The van der Waals surface area contributed by atoms with E-state index in [1.54, 1.807) is 20.0 Å². The number of aryl methyl sites for hydroxylation is 2. The molecule has 1 aromatic heterocycles. The van der Waals surface area contributed by atoms with Crippen molar-refractivity contribution in [1.29, 1.82) is 0 Å². The van der Waals surface area contributed by atoms with Crippen molar-refractivity contribution in [1.82, 2.24) is 9.78 Å². The van der Waals surface area contributed by atoms with E-state index in [9.17, 15) is 4.79 Å². The Balaban J connectivity index is 3.14. The van der Waals surface area contributed by atoms with Crippen molar-refractivity contribution in [3.63, 3.8) is 0 Å². The van der Waals surface area contributed by atoms with Gasteiger partial charge >= 0.3 is 5.97 Å². The molecule has 2 N–H and O–H groups in total. The molecule has 82 valence electrons. The maximum absolute atomic E-state index is 11.0. The average Bonchev–Trinajstić information content (AvgIpc) is 2.41. The molecule has 0 amide bonds. The Hall–Kier alpha value is -1.78. The quantitative estimate of drug-likeness (QED) is 0.736. The van der Waals surface area contributed by atoms with Gasteiger partial charge in [-0.1, -0.05) is 6.08 Å². The largest absolute Gasteiger partial charge is 0.477 e. The summed E-state index contributed by atoms with van der Waals surface area (Å²) in [4.78, 5) is 11.0. The van der Waals surface area contributed by atoms with Gasteiger partial charge in [0, 0.05) is 13.1 Å². The van der Waals surface area contributed by atoms with Crippen LogP contribution in [0.5, 0.6) is 0 Å². The van der Waals surface area contributed by atoms with Crippen molar-refractivity contribution in [3.05, 3.63) is 23.9 Å². The molecule has 0 saturated carbocycles. The fourth-order valence-corrected chi connectivity index (χ4v) is 1.35. The van der Waals surface area contributed by atoms with Crippen LogP contribution >= 0.6 is 0 Å². The minimum atomic E-state index is -0.973. The standard InChI is InChI=1S/C10H15N3O2/c1-5-6(2)11-9-8(10(14)15)7(3)12-13(9)4/h5-6,11H,1H2,2-4H3,(H,14,15). The highest BCUT2D eigenvalue weighted by atomic mass is 16.4. The Morgan fingerprint density at radius 1 is 1.73 bits per heavy atom. The number of aromatic nitrogens is 2. The molecule has 15 heavy (non-hydrogen) atoms. The van der Waals surface area contributed by atoms with E-state index in [1.807, 2.05) is 6.92 Å². The molecule has 0 radical (unpaired) electrons. The Morgan fingerprint density at radius 3 is 2.80 bits per heavy atom. The Bertz CT molecular complexity index is 396. The lowest BCUT2D eigenvalue weighted by atomic mass is 10.2. The van der Waals surface area contributed by atoms with Crippen molar-refractivity contribution < 1.29 is 9.90 Å². The maximum Gasteiger partial charge on any atom is 0.341 e. The fourth-order valence-electron chi connectivity index (χ4n) is 1.35. The molecule has 0 fully saturated rings. The van der Waals surface area contributed by atoms with Crippen LogP contribution in [0, 0.1) is 6.92 Å². The third-order valence-corrected chi connectivity index (χ3v) is 2.15. The first-order valence-corrected chi connectivity index (χ1v) is 4.63. The summed E-state index contributed by atoms with van der Waals surface area (Å²) in [6.07, 6.45) is 1.70.